The molecule has 0 radical (unpaired) electrons. The first kappa shape index (κ1) is 29.2. The number of amides is 2. The highest BCUT2D eigenvalue weighted by Gasteiger charge is 2.32. The Hall–Kier alpha value is -2.00. The molecule has 0 spiro atoms. The summed E-state index contributed by atoms with van der Waals surface area (Å²) in [4.78, 5) is 28.1. The fourth-order valence-electron chi connectivity index (χ4n) is 3.44. The average Bonchev–Trinajstić information content (AvgIpc) is 2.78. The molecule has 35 heavy (non-hydrogen) atoms. The van der Waals surface area contributed by atoms with Gasteiger partial charge < -0.3 is 10.2 Å². The molecule has 0 unspecified atom stereocenters. The summed E-state index contributed by atoms with van der Waals surface area (Å²) in [5.74, 6) is -0.864. The van der Waals surface area contributed by atoms with E-state index in [1.807, 2.05) is 13.8 Å². The Kier molecular flexibility index (Phi) is 10.7. The van der Waals surface area contributed by atoms with Gasteiger partial charge in [-0.2, -0.15) is 0 Å². The van der Waals surface area contributed by atoms with E-state index in [9.17, 15) is 18.0 Å². The Balaban J connectivity index is 2.46. The lowest BCUT2D eigenvalue weighted by Gasteiger charge is -2.33. The van der Waals surface area contributed by atoms with Crippen LogP contribution in [-0.4, -0.2) is 50.0 Å². The number of sulfonamides is 1. The maximum absolute atomic E-state index is 13.6. The topological polar surface area (TPSA) is 86.8 Å². The third kappa shape index (κ3) is 8.27. The predicted molar refractivity (Wildman–Crippen MR) is 143 cm³/mol. The maximum atomic E-state index is 13.6. The molecule has 0 fully saturated rings. The minimum atomic E-state index is -3.84. The molecule has 2 amide bonds. The van der Waals surface area contributed by atoms with Crippen molar-refractivity contribution in [1.82, 2.24) is 10.2 Å². The Labute approximate surface area is 222 Å². The van der Waals surface area contributed by atoms with Crippen LogP contribution in [0.2, 0.25) is 15.1 Å². The fourth-order valence-corrected chi connectivity index (χ4v) is 4.79. The maximum Gasteiger partial charge on any atom is 0.244 e. The summed E-state index contributed by atoms with van der Waals surface area (Å²) in [5.41, 5.74) is 0.899. The highest BCUT2D eigenvalue weighted by molar-refractivity contribution is 7.92. The number of rotatable bonds is 11. The molecule has 0 aliphatic carbocycles. The molecule has 11 heteroatoms. The molecule has 0 bridgehead atoms. The van der Waals surface area contributed by atoms with Crippen molar-refractivity contribution in [2.75, 3.05) is 17.1 Å². The third-order valence-electron chi connectivity index (χ3n) is 5.50. The van der Waals surface area contributed by atoms with Crippen LogP contribution in [0.15, 0.2) is 42.5 Å². The van der Waals surface area contributed by atoms with Crippen LogP contribution >= 0.6 is 34.8 Å². The zero-order valence-corrected chi connectivity index (χ0v) is 23.2. The Morgan fingerprint density at radius 1 is 1.00 bits per heavy atom. The van der Waals surface area contributed by atoms with E-state index in [1.54, 1.807) is 43.3 Å². The fraction of sp³-hybridized carbons (Fsp3) is 0.417. The van der Waals surface area contributed by atoms with Crippen LogP contribution in [0, 0.1) is 0 Å². The number of hydrogen-bond acceptors (Lipinski definition) is 4. The van der Waals surface area contributed by atoms with Gasteiger partial charge in [-0.05, 0) is 55.7 Å². The minimum Gasteiger partial charge on any atom is -0.352 e. The Bertz CT molecular complexity index is 1160. The predicted octanol–water partition coefficient (Wildman–Crippen LogP) is 5.13. The molecule has 2 atom stereocenters. The van der Waals surface area contributed by atoms with Gasteiger partial charge in [0.25, 0.3) is 0 Å². The number of carbonyl (C=O) groups is 2. The molecule has 192 valence electrons. The number of anilines is 1. The number of benzene rings is 2. The Morgan fingerprint density at radius 2 is 1.69 bits per heavy atom. The summed E-state index contributed by atoms with van der Waals surface area (Å²) in [7, 11) is -3.84. The molecular weight excluding hydrogens is 533 g/mol. The summed E-state index contributed by atoms with van der Waals surface area (Å²) in [6.45, 7) is 5.14. The molecule has 2 aromatic rings. The van der Waals surface area contributed by atoms with Crippen molar-refractivity contribution in [3.63, 3.8) is 0 Å². The summed E-state index contributed by atoms with van der Waals surface area (Å²) >= 11 is 18.3. The first-order valence-corrected chi connectivity index (χ1v) is 14.1. The molecule has 0 saturated carbocycles. The van der Waals surface area contributed by atoms with Crippen LogP contribution < -0.4 is 9.62 Å². The van der Waals surface area contributed by atoms with E-state index in [1.165, 1.54) is 11.0 Å². The quantitative estimate of drug-likeness (QED) is 0.411. The van der Waals surface area contributed by atoms with Gasteiger partial charge in [-0.1, -0.05) is 60.8 Å². The first-order valence-electron chi connectivity index (χ1n) is 11.1. The lowest BCUT2D eigenvalue weighted by Crippen LogP contribution is -2.53. The lowest BCUT2D eigenvalue weighted by atomic mass is 10.1. The van der Waals surface area contributed by atoms with Gasteiger partial charge in [0.1, 0.15) is 12.6 Å². The van der Waals surface area contributed by atoms with Crippen molar-refractivity contribution in [1.29, 1.82) is 0 Å². The van der Waals surface area contributed by atoms with Gasteiger partial charge in [-0.3, -0.25) is 13.9 Å². The zero-order chi connectivity index (χ0) is 26.3. The molecule has 2 rings (SSSR count). The van der Waals surface area contributed by atoms with Crippen molar-refractivity contribution < 1.29 is 18.0 Å². The van der Waals surface area contributed by atoms with Gasteiger partial charge in [-0.25, -0.2) is 8.42 Å². The van der Waals surface area contributed by atoms with E-state index >= 15 is 0 Å². The van der Waals surface area contributed by atoms with Crippen molar-refractivity contribution in [3.05, 3.63) is 63.1 Å². The molecular formula is C24H30Cl3N3O4S. The second-order valence-corrected chi connectivity index (χ2v) is 11.4. The van der Waals surface area contributed by atoms with Gasteiger partial charge in [0.15, 0.2) is 0 Å². The summed E-state index contributed by atoms with van der Waals surface area (Å²) in [6.07, 6.45) is 2.06. The SMILES string of the molecule is CC[C@@H](C)NC(=O)[C@H](CC)N(Cc1ccc(Cl)c(Cl)c1)C(=O)CN(c1cccc(Cl)c1)S(C)(=O)=O. The Morgan fingerprint density at radius 3 is 2.23 bits per heavy atom. The van der Waals surface area contributed by atoms with Crippen molar-refractivity contribution in [2.24, 2.45) is 0 Å². The standard InChI is InChI=1S/C24H30Cl3N3O4S/c1-5-16(3)28-24(32)22(6-2)29(14-17-10-11-20(26)21(27)12-17)23(31)15-30(35(4,33)34)19-9-7-8-18(25)13-19/h7-13,16,22H,5-6,14-15H2,1-4H3,(H,28,32)/t16-,22+/m1/s1. The van der Waals surface area contributed by atoms with Crippen LogP contribution in [0.25, 0.3) is 0 Å². The van der Waals surface area contributed by atoms with Crippen LogP contribution in [0.3, 0.4) is 0 Å². The van der Waals surface area contributed by atoms with E-state index < -0.39 is 28.5 Å². The molecule has 0 aliphatic rings. The van der Waals surface area contributed by atoms with Gasteiger partial charge in [0, 0.05) is 17.6 Å². The first-order chi connectivity index (χ1) is 16.4. The summed E-state index contributed by atoms with van der Waals surface area (Å²) < 4.78 is 26.2. The molecule has 0 heterocycles. The van der Waals surface area contributed by atoms with Crippen LogP contribution in [0.4, 0.5) is 5.69 Å². The van der Waals surface area contributed by atoms with Gasteiger partial charge in [-0.15, -0.1) is 0 Å². The number of nitrogens with one attached hydrogen (secondary N) is 1. The third-order valence-corrected chi connectivity index (χ3v) is 7.61. The second kappa shape index (κ2) is 12.8. The second-order valence-electron chi connectivity index (χ2n) is 8.26. The zero-order valence-electron chi connectivity index (χ0n) is 20.1. The highest BCUT2D eigenvalue weighted by atomic mass is 35.5. The van der Waals surface area contributed by atoms with Crippen molar-refractivity contribution >= 4 is 62.3 Å². The lowest BCUT2D eigenvalue weighted by molar-refractivity contribution is -0.140. The van der Waals surface area contributed by atoms with E-state index in [0.717, 1.165) is 17.0 Å². The molecule has 0 aromatic heterocycles. The minimum absolute atomic E-state index is 0.0370. The normalized spacial score (nSPS) is 13.1. The van der Waals surface area contributed by atoms with Gasteiger partial charge in [0.05, 0.1) is 22.0 Å². The van der Waals surface area contributed by atoms with E-state index in [4.69, 9.17) is 34.8 Å². The average molecular weight is 563 g/mol. The molecule has 1 N–H and O–H groups in total. The number of hydrogen-bond donors (Lipinski definition) is 1. The summed E-state index contributed by atoms with van der Waals surface area (Å²) in [6, 6.07) is 10.2. The van der Waals surface area contributed by atoms with Gasteiger partial charge >= 0.3 is 0 Å². The van der Waals surface area contributed by atoms with Crippen molar-refractivity contribution in [2.45, 2.75) is 52.2 Å². The number of nitrogens with zero attached hydrogens (tertiary/aromatic N) is 2. The molecule has 7 nitrogen and oxygen atoms in total. The molecule has 2 aromatic carbocycles. The van der Waals surface area contributed by atoms with Crippen molar-refractivity contribution in [3.8, 4) is 0 Å². The molecule has 0 saturated heterocycles. The number of halogens is 3. The highest BCUT2D eigenvalue weighted by Crippen LogP contribution is 2.25. The largest absolute Gasteiger partial charge is 0.352 e. The van der Waals surface area contributed by atoms with Crippen LogP contribution in [0.1, 0.15) is 39.2 Å². The molecule has 0 aliphatic heterocycles. The van der Waals surface area contributed by atoms with E-state index in [2.05, 4.69) is 5.32 Å². The monoisotopic (exact) mass is 561 g/mol. The van der Waals surface area contributed by atoms with Crippen LogP contribution in [-0.2, 0) is 26.2 Å². The van der Waals surface area contributed by atoms with Crippen LogP contribution in [0.5, 0.6) is 0 Å². The van der Waals surface area contributed by atoms with E-state index in [-0.39, 0.29) is 24.2 Å². The summed E-state index contributed by atoms with van der Waals surface area (Å²) in [5, 5.41) is 3.92. The van der Waals surface area contributed by atoms with Gasteiger partial charge in [0.2, 0.25) is 21.8 Å². The smallest absolute Gasteiger partial charge is 0.244 e. The van der Waals surface area contributed by atoms with E-state index in [0.29, 0.717) is 27.1 Å². The number of carbonyl (C=O) groups excluding carboxylic acids is 2.